The Morgan fingerprint density at radius 2 is 1.92 bits per heavy atom. The van der Waals surface area contributed by atoms with Crippen LogP contribution in [0.5, 0.6) is 0 Å². The zero-order valence-electron chi connectivity index (χ0n) is 13.7. The predicted molar refractivity (Wildman–Crippen MR) is 94.0 cm³/mol. The highest BCUT2D eigenvalue weighted by molar-refractivity contribution is 5.75. The molecule has 1 aromatic heterocycles. The maximum absolute atomic E-state index is 11.9. The molecule has 1 amide bonds. The third-order valence-electron chi connectivity index (χ3n) is 4.51. The number of hydrogen-bond acceptors (Lipinski definition) is 3. The van der Waals surface area contributed by atoms with Gasteiger partial charge in [-0.3, -0.25) is 9.59 Å². The Labute approximate surface area is 141 Å². The summed E-state index contributed by atoms with van der Waals surface area (Å²) in [6.45, 7) is 3.64. The summed E-state index contributed by atoms with van der Waals surface area (Å²) in [6.07, 6.45) is 2.80. The molecule has 1 fully saturated rings. The Kier molecular flexibility index (Phi) is 5.43. The molecule has 5 nitrogen and oxygen atoms in total. The Hall–Kier alpha value is -2.40. The van der Waals surface area contributed by atoms with Gasteiger partial charge in [0.2, 0.25) is 5.91 Å². The summed E-state index contributed by atoms with van der Waals surface area (Å²) in [7, 11) is 0. The van der Waals surface area contributed by atoms with Gasteiger partial charge in [-0.25, -0.2) is 0 Å². The Bertz CT molecular complexity index is 727. The van der Waals surface area contributed by atoms with Gasteiger partial charge >= 0.3 is 0 Å². The number of hydrogen-bond donors (Lipinski definition) is 1. The first-order chi connectivity index (χ1) is 11.7. The number of amides is 1. The largest absolute Gasteiger partial charge is 0.353 e. The van der Waals surface area contributed by atoms with E-state index in [1.165, 1.54) is 16.2 Å². The van der Waals surface area contributed by atoms with E-state index < -0.39 is 0 Å². The molecule has 126 valence electrons. The number of carbonyl (C=O) groups is 1. The van der Waals surface area contributed by atoms with Gasteiger partial charge in [0.05, 0.1) is 0 Å². The van der Waals surface area contributed by atoms with Crippen molar-refractivity contribution in [2.24, 2.45) is 0 Å². The molecule has 0 spiro atoms. The van der Waals surface area contributed by atoms with Crippen molar-refractivity contribution in [2.45, 2.75) is 18.9 Å². The first-order valence-corrected chi connectivity index (χ1v) is 8.42. The number of rotatable bonds is 6. The molecule has 0 saturated carbocycles. The molecule has 1 N–H and O–H groups in total. The smallest absolute Gasteiger partial charge is 0.250 e. The molecule has 1 aliphatic heterocycles. The summed E-state index contributed by atoms with van der Waals surface area (Å²) >= 11 is 0. The molecule has 0 bridgehead atoms. The van der Waals surface area contributed by atoms with Crippen LogP contribution in [-0.4, -0.2) is 41.6 Å². The number of carbonyl (C=O) groups excluding carboxylic acids is 1. The van der Waals surface area contributed by atoms with Crippen molar-refractivity contribution in [2.75, 3.05) is 26.2 Å². The Balaban J connectivity index is 1.40. The fourth-order valence-corrected chi connectivity index (χ4v) is 3.19. The van der Waals surface area contributed by atoms with Crippen molar-refractivity contribution >= 4 is 5.91 Å². The second kappa shape index (κ2) is 7.93. The average molecular weight is 325 g/mol. The first kappa shape index (κ1) is 16.5. The summed E-state index contributed by atoms with van der Waals surface area (Å²) in [4.78, 5) is 25.9. The molecule has 0 aliphatic carbocycles. The minimum atomic E-state index is -0.155. The van der Waals surface area contributed by atoms with Crippen LogP contribution in [0.25, 0.3) is 0 Å². The lowest BCUT2D eigenvalue weighted by molar-refractivity contribution is -0.121. The van der Waals surface area contributed by atoms with Crippen LogP contribution < -0.4 is 10.9 Å². The van der Waals surface area contributed by atoms with Crippen molar-refractivity contribution in [1.29, 1.82) is 0 Å². The van der Waals surface area contributed by atoms with E-state index in [1.807, 2.05) is 6.07 Å². The maximum Gasteiger partial charge on any atom is 0.250 e. The van der Waals surface area contributed by atoms with Gasteiger partial charge in [-0.05, 0) is 30.5 Å². The molecule has 24 heavy (non-hydrogen) atoms. The van der Waals surface area contributed by atoms with Crippen molar-refractivity contribution in [3.05, 3.63) is 70.6 Å². The zero-order valence-corrected chi connectivity index (χ0v) is 13.7. The van der Waals surface area contributed by atoms with Crippen LogP contribution in [0, 0.1) is 0 Å². The van der Waals surface area contributed by atoms with Crippen molar-refractivity contribution in [3.8, 4) is 0 Å². The maximum atomic E-state index is 11.9. The first-order valence-electron chi connectivity index (χ1n) is 8.42. The normalized spacial score (nSPS) is 17.8. The molecule has 1 atom stereocenters. The molecule has 0 radical (unpaired) electrons. The number of likely N-dealkylation sites (tertiary alicyclic amines) is 1. The third kappa shape index (κ3) is 4.32. The van der Waals surface area contributed by atoms with Gasteiger partial charge in [-0.1, -0.05) is 36.4 Å². The molecule has 0 unspecified atom stereocenters. The molecule has 1 aromatic carbocycles. The van der Waals surface area contributed by atoms with E-state index in [-0.39, 0.29) is 18.0 Å². The highest BCUT2D eigenvalue weighted by Crippen LogP contribution is 2.26. The zero-order chi connectivity index (χ0) is 16.8. The SMILES string of the molecule is O=C(Cn1ccccc1=O)NCCN1CC[C@H](c2ccccc2)C1. The fraction of sp³-hybridized carbons (Fsp3) is 0.368. The molecular weight excluding hydrogens is 302 g/mol. The van der Waals surface area contributed by atoms with Crippen LogP contribution >= 0.6 is 0 Å². The standard InChI is InChI=1S/C19H23N3O2/c23-18(15-22-11-5-4-8-19(22)24)20-10-13-21-12-9-17(14-21)16-6-2-1-3-7-16/h1-8,11,17H,9-10,12-15H2,(H,20,23)/t17-/m0/s1. The van der Waals surface area contributed by atoms with Gasteiger partial charge < -0.3 is 14.8 Å². The number of benzene rings is 1. The van der Waals surface area contributed by atoms with Crippen LogP contribution in [0.2, 0.25) is 0 Å². The van der Waals surface area contributed by atoms with Crippen LogP contribution in [0.1, 0.15) is 17.9 Å². The highest BCUT2D eigenvalue weighted by atomic mass is 16.2. The molecule has 2 aromatic rings. The van der Waals surface area contributed by atoms with Crippen LogP contribution in [0.4, 0.5) is 0 Å². The summed E-state index contributed by atoms with van der Waals surface area (Å²) in [5, 5.41) is 2.90. The quantitative estimate of drug-likeness (QED) is 0.875. The van der Waals surface area contributed by atoms with E-state index >= 15 is 0 Å². The van der Waals surface area contributed by atoms with Crippen LogP contribution in [-0.2, 0) is 11.3 Å². The third-order valence-corrected chi connectivity index (χ3v) is 4.51. The summed E-state index contributed by atoms with van der Waals surface area (Å²) in [5.74, 6) is 0.465. The van der Waals surface area contributed by atoms with Crippen molar-refractivity contribution in [1.82, 2.24) is 14.8 Å². The van der Waals surface area contributed by atoms with E-state index in [0.717, 1.165) is 26.1 Å². The van der Waals surface area contributed by atoms with Gasteiger partial charge in [0.15, 0.2) is 0 Å². The van der Waals surface area contributed by atoms with Crippen LogP contribution in [0.15, 0.2) is 59.5 Å². The van der Waals surface area contributed by atoms with Crippen molar-refractivity contribution in [3.63, 3.8) is 0 Å². The highest BCUT2D eigenvalue weighted by Gasteiger charge is 2.23. The number of nitrogens with zero attached hydrogens (tertiary/aromatic N) is 2. The summed E-state index contributed by atoms with van der Waals surface area (Å²) < 4.78 is 1.41. The van der Waals surface area contributed by atoms with E-state index in [0.29, 0.717) is 12.5 Å². The molecule has 1 aliphatic rings. The molecular formula is C19H23N3O2. The van der Waals surface area contributed by atoms with E-state index in [9.17, 15) is 9.59 Å². The molecule has 5 heteroatoms. The van der Waals surface area contributed by atoms with Gasteiger partial charge in [0.25, 0.3) is 5.56 Å². The van der Waals surface area contributed by atoms with Gasteiger partial charge in [0, 0.05) is 31.9 Å². The average Bonchev–Trinajstić information content (AvgIpc) is 3.07. The number of aromatic nitrogens is 1. The minimum absolute atomic E-state index is 0.0757. The second-order valence-electron chi connectivity index (χ2n) is 6.21. The Morgan fingerprint density at radius 3 is 2.71 bits per heavy atom. The molecule has 2 heterocycles. The van der Waals surface area contributed by atoms with Gasteiger partial charge in [-0.2, -0.15) is 0 Å². The van der Waals surface area contributed by atoms with E-state index in [1.54, 1.807) is 18.3 Å². The number of nitrogens with one attached hydrogen (secondary N) is 1. The molecule has 3 rings (SSSR count). The summed E-state index contributed by atoms with van der Waals surface area (Å²) in [6, 6.07) is 15.5. The second-order valence-corrected chi connectivity index (χ2v) is 6.21. The monoisotopic (exact) mass is 325 g/mol. The van der Waals surface area contributed by atoms with E-state index in [2.05, 4.69) is 34.5 Å². The lowest BCUT2D eigenvalue weighted by Gasteiger charge is -2.16. The number of pyridine rings is 1. The van der Waals surface area contributed by atoms with Gasteiger partial charge in [-0.15, -0.1) is 0 Å². The molecule has 1 saturated heterocycles. The van der Waals surface area contributed by atoms with Crippen molar-refractivity contribution < 1.29 is 4.79 Å². The predicted octanol–water partition coefficient (Wildman–Crippen LogP) is 1.45. The van der Waals surface area contributed by atoms with E-state index in [4.69, 9.17) is 0 Å². The Morgan fingerprint density at radius 1 is 1.12 bits per heavy atom. The lowest BCUT2D eigenvalue weighted by Crippen LogP contribution is -2.37. The van der Waals surface area contributed by atoms with Crippen LogP contribution in [0.3, 0.4) is 0 Å². The van der Waals surface area contributed by atoms with Gasteiger partial charge in [0.1, 0.15) is 6.54 Å². The lowest BCUT2D eigenvalue weighted by atomic mass is 9.99. The topological polar surface area (TPSA) is 54.3 Å². The minimum Gasteiger partial charge on any atom is -0.353 e. The fourth-order valence-electron chi connectivity index (χ4n) is 3.19. The summed E-state index contributed by atoms with van der Waals surface area (Å²) in [5.41, 5.74) is 1.24.